The summed E-state index contributed by atoms with van der Waals surface area (Å²) in [5, 5.41) is 14.9. The third kappa shape index (κ3) is 3.29. The van der Waals surface area contributed by atoms with Crippen LogP contribution in [-0.4, -0.2) is 44.8 Å². The van der Waals surface area contributed by atoms with Crippen LogP contribution in [0.5, 0.6) is 0 Å². The van der Waals surface area contributed by atoms with E-state index in [9.17, 15) is 9.59 Å². The molecule has 0 radical (unpaired) electrons. The minimum absolute atomic E-state index is 0.0500. The number of likely N-dealkylation sites (tertiary alicyclic amines) is 1. The van der Waals surface area contributed by atoms with E-state index in [0.29, 0.717) is 29.4 Å². The predicted molar refractivity (Wildman–Crippen MR) is 86.7 cm³/mol. The summed E-state index contributed by atoms with van der Waals surface area (Å²) in [6.45, 7) is 1.38. The maximum absolute atomic E-state index is 12.6. The number of thiophene rings is 1. The summed E-state index contributed by atoms with van der Waals surface area (Å²) in [5.41, 5.74) is 1.75. The molecule has 1 aliphatic heterocycles. The van der Waals surface area contributed by atoms with Crippen LogP contribution in [0.15, 0.2) is 23.7 Å². The molecule has 7 heteroatoms. The van der Waals surface area contributed by atoms with Gasteiger partial charge in [-0.05, 0) is 30.4 Å². The average Bonchev–Trinajstić information content (AvgIpc) is 3.15. The first-order chi connectivity index (χ1) is 11.1. The maximum Gasteiger partial charge on any atom is 0.308 e. The number of piperidine rings is 1. The van der Waals surface area contributed by atoms with E-state index in [-0.39, 0.29) is 12.3 Å². The Morgan fingerprint density at radius 2 is 2.09 bits per heavy atom. The first kappa shape index (κ1) is 15.7. The molecule has 3 rings (SSSR count). The first-order valence-corrected chi connectivity index (χ1v) is 8.49. The van der Waals surface area contributed by atoms with Gasteiger partial charge in [-0.2, -0.15) is 5.10 Å². The Morgan fingerprint density at radius 1 is 1.35 bits per heavy atom. The molecular weight excluding hydrogens is 314 g/mol. The summed E-state index contributed by atoms with van der Waals surface area (Å²) in [5.74, 6) is -0.533. The fraction of sp³-hybridized carbons (Fsp3) is 0.438. The number of hydrogen-bond acceptors (Lipinski definition) is 4. The second-order valence-corrected chi connectivity index (χ2v) is 6.77. The van der Waals surface area contributed by atoms with Gasteiger partial charge in [-0.3, -0.25) is 14.3 Å². The van der Waals surface area contributed by atoms with E-state index in [2.05, 4.69) is 5.10 Å². The number of carboxylic acids is 1. The Labute approximate surface area is 138 Å². The minimum atomic E-state index is -0.906. The molecule has 0 spiro atoms. The molecule has 0 saturated carbocycles. The maximum atomic E-state index is 12.6. The third-order valence-electron chi connectivity index (χ3n) is 4.35. The average molecular weight is 333 g/mol. The molecule has 1 saturated heterocycles. The number of aliphatic carboxylic acids is 1. The summed E-state index contributed by atoms with van der Waals surface area (Å²) in [4.78, 5) is 26.0. The molecule has 0 aliphatic carbocycles. The molecule has 6 nitrogen and oxygen atoms in total. The molecule has 23 heavy (non-hydrogen) atoms. The Kier molecular flexibility index (Phi) is 4.47. The van der Waals surface area contributed by atoms with E-state index in [1.54, 1.807) is 17.6 Å². The number of rotatable bonds is 4. The van der Waals surface area contributed by atoms with Crippen molar-refractivity contribution in [3.05, 3.63) is 39.8 Å². The normalized spacial score (nSPS) is 15.8. The molecule has 1 fully saturated rings. The third-order valence-corrected chi connectivity index (χ3v) is 5.27. The van der Waals surface area contributed by atoms with Crippen molar-refractivity contribution in [2.75, 3.05) is 13.1 Å². The molecule has 0 bridgehead atoms. The topological polar surface area (TPSA) is 75.4 Å². The van der Waals surface area contributed by atoms with Crippen molar-refractivity contribution in [1.82, 2.24) is 14.7 Å². The highest BCUT2D eigenvalue weighted by molar-refractivity contribution is 7.10. The summed E-state index contributed by atoms with van der Waals surface area (Å²) < 4.78 is 1.89. The van der Waals surface area contributed by atoms with Crippen molar-refractivity contribution in [2.45, 2.75) is 25.2 Å². The van der Waals surface area contributed by atoms with Gasteiger partial charge in [-0.25, -0.2) is 0 Å². The summed E-state index contributed by atoms with van der Waals surface area (Å²) in [7, 11) is 1.94. The Bertz CT molecular complexity index is 714. The molecule has 122 valence electrons. The lowest BCUT2D eigenvalue weighted by Gasteiger charge is -2.32. The zero-order valence-electron chi connectivity index (χ0n) is 12.9. The van der Waals surface area contributed by atoms with E-state index in [1.807, 2.05) is 22.7 Å². The summed E-state index contributed by atoms with van der Waals surface area (Å²) in [6.07, 6.45) is 3.52. The van der Waals surface area contributed by atoms with Crippen LogP contribution in [0.2, 0.25) is 0 Å². The quantitative estimate of drug-likeness (QED) is 0.930. The van der Waals surface area contributed by atoms with Gasteiger partial charge in [0.25, 0.3) is 5.91 Å². The first-order valence-electron chi connectivity index (χ1n) is 7.61. The lowest BCUT2D eigenvalue weighted by atomic mass is 9.93. The van der Waals surface area contributed by atoms with Gasteiger partial charge < -0.3 is 10.0 Å². The van der Waals surface area contributed by atoms with Crippen LogP contribution in [0.1, 0.15) is 39.7 Å². The smallest absolute Gasteiger partial charge is 0.308 e. The Morgan fingerprint density at radius 3 is 2.70 bits per heavy atom. The van der Waals surface area contributed by atoms with Gasteiger partial charge in [0.05, 0.1) is 12.0 Å². The standard InChI is InChI=1S/C16H19N3O3S/c1-18-13(2-6-17-18)11-3-7-19(8-4-11)16(22)12-5-9-23-14(12)10-15(20)21/h2,5-6,9,11H,3-4,7-8,10H2,1H3,(H,20,21). The van der Waals surface area contributed by atoms with Crippen LogP contribution in [0.4, 0.5) is 0 Å². The summed E-state index contributed by atoms with van der Waals surface area (Å²) in [6, 6.07) is 3.77. The van der Waals surface area contributed by atoms with Crippen LogP contribution in [0, 0.1) is 0 Å². The van der Waals surface area contributed by atoms with Gasteiger partial charge in [0, 0.05) is 42.8 Å². The second-order valence-electron chi connectivity index (χ2n) is 5.77. The van der Waals surface area contributed by atoms with Gasteiger partial charge in [0.2, 0.25) is 0 Å². The highest BCUT2D eigenvalue weighted by Crippen LogP contribution is 2.29. The SMILES string of the molecule is Cn1nccc1C1CCN(C(=O)c2ccsc2CC(=O)O)CC1. The number of carboxylic acid groups (broad SMARTS) is 1. The van der Waals surface area contributed by atoms with Crippen LogP contribution in [0.3, 0.4) is 0 Å². The molecule has 0 aromatic carbocycles. The van der Waals surface area contributed by atoms with Gasteiger partial charge in [-0.1, -0.05) is 0 Å². The Balaban J connectivity index is 1.66. The minimum Gasteiger partial charge on any atom is -0.481 e. The predicted octanol–water partition coefficient (Wildman–Crippen LogP) is 2.13. The van der Waals surface area contributed by atoms with E-state index in [1.165, 1.54) is 17.0 Å². The second kappa shape index (κ2) is 6.54. The van der Waals surface area contributed by atoms with Crippen LogP contribution >= 0.6 is 11.3 Å². The lowest BCUT2D eigenvalue weighted by molar-refractivity contribution is -0.136. The van der Waals surface area contributed by atoms with Gasteiger partial charge in [0.15, 0.2) is 0 Å². The van der Waals surface area contributed by atoms with E-state index < -0.39 is 5.97 Å². The molecule has 1 N–H and O–H groups in total. The zero-order valence-corrected chi connectivity index (χ0v) is 13.8. The van der Waals surface area contributed by atoms with Crippen LogP contribution in [-0.2, 0) is 18.3 Å². The van der Waals surface area contributed by atoms with E-state index >= 15 is 0 Å². The molecule has 0 atom stereocenters. The highest BCUT2D eigenvalue weighted by Gasteiger charge is 2.27. The molecular formula is C16H19N3O3S. The largest absolute Gasteiger partial charge is 0.481 e. The van der Waals surface area contributed by atoms with Crippen molar-refractivity contribution < 1.29 is 14.7 Å². The number of aryl methyl sites for hydroxylation is 1. The van der Waals surface area contributed by atoms with Crippen molar-refractivity contribution >= 4 is 23.2 Å². The number of aromatic nitrogens is 2. The monoisotopic (exact) mass is 333 g/mol. The highest BCUT2D eigenvalue weighted by atomic mass is 32.1. The van der Waals surface area contributed by atoms with Crippen molar-refractivity contribution in [2.24, 2.45) is 7.05 Å². The van der Waals surface area contributed by atoms with Gasteiger partial charge in [-0.15, -0.1) is 11.3 Å². The van der Waals surface area contributed by atoms with Crippen molar-refractivity contribution in [3.63, 3.8) is 0 Å². The van der Waals surface area contributed by atoms with E-state index in [4.69, 9.17) is 5.11 Å². The number of carbonyl (C=O) groups excluding carboxylic acids is 1. The van der Waals surface area contributed by atoms with Crippen molar-refractivity contribution in [3.8, 4) is 0 Å². The molecule has 0 unspecified atom stereocenters. The fourth-order valence-corrected chi connectivity index (χ4v) is 4.00. The molecule has 1 aliphatic rings. The van der Waals surface area contributed by atoms with Gasteiger partial charge >= 0.3 is 5.97 Å². The molecule has 2 aromatic heterocycles. The number of carbonyl (C=O) groups is 2. The molecule has 3 heterocycles. The summed E-state index contributed by atoms with van der Waals surface area (Å²) >= 11 is 1.33. The zero-order chi connectivity index (χ0) is 16.4. The van der Waals surface area contributed by atoms with Gasteiger partial charge in [0.1, 0.15) is 0 Å². The molecule has 1 amide bonds. The van der Waals surface area contributed by atoms with Crippen LogP contribution < -0.4 is 0 Å². The van der Waals surface area contributed by atoms with Crippen LogP contribution in [0.25, 0.3) is 0 Å². The van der Waals surface area contributed by atoms with E-state index in [0.717, 1.165) is 12.8 Å². The van der Waals surface area contributed by atoms with Crippen molar-refractivity contribution in [1.29, 1.82) is 0 Å². The lowest BCUT2D eigenvalue weighted by Crippen LogP contribution is -2.38. The fourth-order valence-electron chi connectivity index (χ4n) is 3.14. The number of nitrogens with zero attached hydrogens (tertiary/aromatic N) is 3. The number of hydrogen-bond donors (Lipinski definition) is 1. The Hall–Kier alpha value is -2.15. The molecule has 2 aromatic rings. The number of amides is 1.